The Labute approximate surface area is 150 Å². The number of thiophene rings is 1. The van der Waals surface area contributed by atoms with E-state index in [0.717, 1.165) is 11.3 Å². The predicted molar refractivity (Wildman–Crippen MR) is 94.9 cm³/mol. The SMILES string of the molecule is CCN(Cc1ccc2c(c1)OCO2)C(=O)CCNC(=O)c1ccsc1. The number of amides is 2. The fraction of sp³-hybridized carbons (Fsp3) is 0.333. The molecule has 1 N–H and O–H groups in total. The van der Waals surface area contributed by atoms with Gasteiger partial charge in [-0.3, -0.25) is 9.59 Å². The molecule has 1 aliphatic heterocycles. The van der Waals surface area contributed by atoms with Crippen LogP contribution in [0.4, 0.5) is 0 Å². The van der Waals surface area contributed by atoms with Crippen LogP contribution < -0.4 is 14.8 Å². The molecule has 0 atom stereocenters. The van der Waals surface area contributed by atoms with Gasteiger partial charge in [0, 0.05) is 37.0 Å². The van der Waals surface area contributed by atoms with Crippen LogP contribution in [0.25, 0.3) is 0 Å². The van der Waals surface area contributed by atoms with Crippen LogP contribution in [0.2, 0.25) is 0 Å². The number of nitrogens with one attached hydrogen (secondary N) is 1. The number of benzene rings is 1. The van der Waals surface area contributed by atoms with Crippen molar-refractivity contribution in [3.63, 3.8) is 0 Å². The van der Waals surface area contributed by atoms with Gasteiger partial charge in [0.05, 0.1) is 0 Å². The zero-order valence-corrected chi connectivity index (χ0v) is 14.8. The van der Waals surface area contributed by atoms with E-state index in [4.69, 9.17) is 9.47 Å². The van der Waals surface area contributed by atoms with Crippen molar-refractivity contribution in [3.05, 3.63) is 46.2 Å². The molecular weight excluding hydrogens is 340 g/mol. The number of carbonyl (C=O) groups is 2. The average Bonchev–Trinajstić information content (AvgIpc) is 3.30. The summed E-state index contributed by atoms with van der Waals surface area (Å²) in [6, 6.07) is 7.45. The van der Waals surface area contributed by atoms with E-state index in [1.165, 1.54) is 11.3 Å². The van der Waals surface area contributed by atoms with Crippen LogP contribution in [0.3, 0.4) is 0 Å². The van der Waals surface area contributed by atoms with E-state index in [1.54, 1.807) is 16.3 Å². The van der Waals surface area contributed by atoms with Gasteiger partial charge in [0.1, 0.15) is 0 Å². The van der Waals surface area contributed by atoms with E-state index in [9.17, 15) is 9.59 Å². The lowest BCUT2D eigenvalue weighted by Crippen LogP contribution is -2.34. The largest absolute Gasteiger partial charge is 0.454 e. The van der Waals surface area contributed by atoms with Gasteiger partial charge in [0.25, 0.3) is 5.91 Å². The van der Waals surface area contributed by atoms with Gasteiger partial charge in [0.2, 0.25) is 12.7 Å². The van der Waals surface area contributed by atoms with Gasteiger partial charge in [-0.1, -0.05) is 6.07 Å². The molecule has 2 heterocycles. The van der Waals surface area contributed by atoms with E-state index in [-0.39, 0.29) is 25.0 Å². The van der Waals surface area contributed by atoms with E-state index in [1.807, 2.05) is 30.5 Å². The number of fused-ring (bicyclic) bond motifs is 1. The molecule has 0 unspecified atom stereocenters. The van der Waals surface area contributed by atoms with Gasteiger partial charge < -0.3 is 19.7 Å². The van der Waals surface area contributed by atoms with Crippen molar-refractivity contribution in [3.8, 4) is 11.5 Å². The number of hydrogen-bond acceptors (Lipinski definition) is 5. The predicted octanol–water partition coefficient (Wildman–Crippen LogP) is 2.65. The first kappa shape index (κ1) is 17.3. The number of ether oxygens (including phenoxy) is 2. The Morgan fingerprint density at radius 1 is 1.24 bits per heavy atom. The molecule has 1 aromatic carbocycles. The number of nitrogens with zero attached hydrogens (tertiary/aromatic N) is 1. The van der Waals surface area contributed by atoms with Crippen LogP contribution in [0, 0.1) is 0 Å². The Hall–Kier alpha value is -2.54. The minimum Gasteiger partial charge on any atom is -0.454 e. The van der Waals surface area contributed by atoms with Crippen molar-refractivity contribution >= 4 is 23.2 Å². The number of rotatable bonds is 7. The molecule has 132 valence electrons. The summed E-state index contributed by atoms with van der Waals surface area (Å²) in [6.07, 6.45) is 0.272. The van der Waals surface area contributed by atoms with Crippen LogP contribution in [0.5, 0.6) is 11.5 Å². The first-order valence-corrected chi connectivity index (χ1v) is 9.08. The molecule has 1 aliphatic rings. The monoisotopic (exact) mass is 360 g/mol. The molecule has 25 heavy (non-hydrogen) atoms. The van der Waals surface area contributed by atoms with Gasteiger partial charge in [-0.2, -0.15) is 11.3 Å². The van der Waals surface area contributed by atoms with Crippen LogP contribution in [-0.4, -0.2) is 36.6 Å². The molecule has 0 fully saturated rings. The van der Waals surface area contributed by atoms with Gasteiger partial charge in [-0.15, -0.1) is 0 Å². The molecule has 0 radical (unpaired) electrons. The molecule has 3 rings (SSSR count). The molecule has 2 amide bonds. The second-order valence-electron chi connectivity index (χ2n) is 5.61. The van der Waals surface area contributed by atoms with Crippen LogP contribution in [0.1, 0.15) is 29.3 Å². The molecular formula is C18H20N2O4S. The Balaban J connectivity index is 1.50. The van der Waals surface area contributed by atoms with Crippen molar-refractivity contribution in [2.24, 2.45) is 0 Å². The second-order valence-corrected chi connectivity index (χ2v) is 6.39. The molecule has 6 nitrogen and oxygen atoms in total. The van der Waals surface area contributed by atoms with E-state index in [2.05, 4.69) is 5.32 Å². The van der Waals surface area contributed by atoms with E-state index in [0.29, 0.717) is 30.9 Å². The highest BCUT2D eigenvalue weighted by Crippen LogP contribution is 2.32. The Kier molecular flexibility index (Phi) is 5.55. The van der Waals surface area contributed by atoms with Crippen molar-refractivity contribution in [1.29, 1.82) is 0 Å². The molecule has 0 saturated heterocycles. The molecule has 0 aliphatic carbocycles. The molecule has 0 saturated carbocycles. The summed E-state index contributed by atoms with van der Waals surface area (Å²) in [4.78, 5) is 26.0. The van der Waals surface area contributed by atoms with Gasteiger partial charge >= 0.3 is 0 Å². The van der Waals surface area contributed by atoms with Crippen molar-refractivity contribution < 1.29 is 19.1 Å². The standard InChI is InChI=1S/C18H20N2O4S/c1-2-20(10-13-3-4-15-16(9-13)24-12-23-15)17(21)5-7-19-18(22)14-6-8-25-11-14/h3-4,6,8-9,11H,2,5,7,10,12H2,1H3,(H,19,22). The molecule has 0 spiro atoms. The maximum Gasteiger partial charge on any atom is 0.252 e. The number of carbonyl (C=O) groups excluding carboxylic acids is 2. The third-order valence-electron chi connectivity index (χ3n) is 3.95. The van der Waals surface area contributed by atoms with Crippen LogP contribution in [0.15, 0.2) is 35.0 Å². The summed E-state index contributed by atoms with van der Waals surface area (Å²) in [6.45, 7) is 3.61. The average molecular weight is 360 g/mol. The fourth-order valence-corrected chi connectivity index (χ4v) is 3.21. The van der Waals surface area contributed by atoms with Crippen molar-refractivity contribution in [2.75, 3.05) is 19.9 Å². The lowest BCUT2D eigenvalue weighted by atomic mass is 10.2. The lowest BCUT2D eigenvalue weighted by molar-refractivity contribution is -0.131. The summed E-state index contributed by atoms with van der Waals surface area (Å²) in [5.74, 6) is 1.30. The van der Waals surface area contributed by atoms with Crippen molar-refractivity contribution in [2.45, 2.75) is 19.9 Å². The minimum absolute atomic E-state index is 0.00536. The van der Waals surface area contributed by atoms with Crippen LogP contribution >= 0.6 is 11.3 Å². The smallest absolute Gasteiger partial charge is 0.252 e. The normalized spacial score (nSPS) is 12.0. The second kappa shape index (κ2) is 8.02. The number of hydrogen-bond donors (Lipinski definition) is 1. The van der Waals surface area contributed by atoms with Crippen molar-refractivity contribution in [1.82, 2.24) is 10.2 Å². The molecule has 1 aromatic heterocycles. The highest BCUT2D eigenvalue weighted by atomic mass is 32.1. The van der Waals surface area contributed by atoms with E-state index < -0.39 is 0 Å². The summed E-state index contributed by atoms with van der Waals surface area (Å²) >= 11 is 1.47. The highest BCUT2D eigenvalue weighted by molar-refractivity contribution is 7.08. The summed E-state index contributed by atoms with van der Waals surface area (Å²) < 4.78 is 10.7. The fourth-order valence-electron chi connectivity index (χ4n) is 2.57. The molecule has 0 bridgehead atoms. The third-order valence-corrected chi connectivity index (χ3v) is 4.64. The maximum atomic E-state index is 12.4. The van der Waals surface area contributed by atoms with Gasteiger partial charge in [0.15, 0.2) is 11.5 Å². The summed E-state index contributed by atoms with van der Waals surface area (Å²) in [5, 5.41) is 6.41. The first-order valence-electron chi connectivity index (χ1n) is 8.14. The Morgan fingerprint density at radius 2 is 2.08 bits per heavy atom. The van der Waals surface area contributed by atoms with Gasteiger partial charge in [-0.25, -0.2) is 0 Å². The Morgan fingerprint density at radius 3 is 2.84 bits per heavy atom. The zero-order chi connectivity index (χ0) is 17.6. The molecule has 2 aromatic rings. The maximum absolute atomic E-state index is 12.4. The minimum atomic E-state index is -0.145. The topological polar surface area (TPSA) is 67.9 Å². The third kappa shape index (κ3) is 4.30. The summed E-state index contributed by atoms with van der Waals surface area (Å²) in [7, 11) is 0. The summed E-state index contributed by atoms with van der Waals surface area (Å²) in [5.41, 5.74) is 1.62. The first-order chi connectivity index (χ1) is 12.2. The van der Waals surface area contributed by atoms with E-state index >= 15 is 0 Å². The molecule has 7 heteroatoms. The highest BCUT2D eigenvalue weighted by Gasteiger charge is 2.17. The van der Waals surface area contributed by atoms with Gasteiger partial charge in [-0.05, 0) is 36.1 Å². The zero-order valence-electron chi connectivity index (χ0n) is 14.0. The lowest BCUT2D eigenvalue weighted by Gasteiger charge is -2.21. The van der Waals surface area contributed by atoms with Crippen LogP contribution in [-0.2, 0) is 11.3 Å². The Bertz CT molecular complexity index is 746. The quantitative estimate of drug-likeness (QED) is 0.824.